The smallest absolute Gasteiger partial charge is 0.493 e. The molecule has 112 valence electrons. The zero-order chi connectivity index (χ0) is 15.3. The predicted octanol–water partition coefficient (Wildman–Crippen LogP) is 3.79. The van der Waals surface area contributed by atoms with Crippen LogP contribution in [0.1, 0.15) is 5.56 Å². The van der Waals surface area contributed by atoms with E-state index in [0.29, 0.717) is 24.5 Å². The highest BCUT2D eigenvalue weighted by atomic mass is 19.4. The third-order valence-electron chi connectivity index (χ3n) is 2.75. The van der Waals surface area contributed by atoms with Crippen molar-refractivity contribution >= 4 is 5.69 Å². The number of nitrogens with two attached hydrogens (primary N) is 1. The van der Waals surface area contributed by atoms with E-state index < -0.39 is 6.36 Å². The van der Waals surface area contributed by atoms with Crippen molar-refractivity contribution in [2.45, 2.75) is 12.8 Å². The minimum absolute atomic E-state index is 0.276. The number of rotatable bonds is 5. The highest BCUT2D eigenvalue weighted by molar-refractivity contribution is 5.46. The van der Waals surface area contributed by atoms with E-state index in [0.717, 1.165) is 5.56 Å². The molecule has 0 spiro atoms. The van der Waals surface area contributed by atoms with Gasteiger partial charge in [0.25, 0.3) is 0 Å². The second-order valence-corrected chi connectivity index (χ2v) is 4.32. The molecule has 0 aliphatic heterocycles. The van der Waals surface area contributed by atoms with Crippen LogP contribution < -0.4 is 15.2 Å². The van der Waals surface area contributed by atoms with E-state index >= 15 is 0 Å². The van der Waals surface area contributed by atoms with Crippen LogP contribution in [0.15, 0.2) is 48.5 Å². The van der Waals surface area contributed by atoms with Crippen LogP contribution >= 0.6 is 0 Å². The molecule has 2 aromatic rings. The van der Waals surface area contributed by atoms with Crippen LogP contribution in [0.5, 0.6) is 11.5 Å². The van der Waals surface area contributed by atoms with Gasteiger partial charge in [0.1, 0.15) is 11.5 Å². The van der Waals surface area contributed by atoms with Gasteiger partial charge >= 0.3 is 6.36 Å². The lowest BCUT2D eigenvalue weighted by Crippen LogP contribution is -2.17. The predicted molar refractivity (Wildman–Crippen MR) is 73.2 cm³/mol. The molecule has 0 heterocycles. The maximum Gasteiger partial charge on any atom is 0.573 e. The van der Waals surface area contributed by atoms with Crippen LogP contribution in [-0.4, -0.2) is 13.0 Å². The molecule has 0 atom stereocenters. The fraction of sp³-hybridized carbons (Fsp3) is 0.200. The molecule has 2 aromatic carbocycles. The lowest BCUT2D eigenvalue weighted by molar-refractivity contribution is -0.274. The Morgan fingerprint density at radius 1 is 0.905 bits per heavy atom. The van der Waals surface area contributed by atoms with Crippen LogP contribution in [0.25, 0.3) is 0 Å². The average Bonchev–Trinajstić information content (AvgIpc) is 2.41. The van der Waals surface area contributed by atoms with Gasteiger partial charge in [-0.05, 0) is 35.9 Å². The van der Waals surface area contributed by atoms with Crippen molar-refractivity contribution < 1.29 is 22.6 Å². The van der Waals surface area contributed by atoms with E-state index in [2.05, 4.69) is 4.74 Å². The van der Waals surface area contributed by atoms with E-state index in [-0.39, 0.29) is 5.75 Å². The Kier molecular flexibility index (Phi) is 4.57. The molecule has 0 amide bonds. The minimum Gasteiger partial charge on any atom is -0.493 e. The summed E-state index contributed by atoms with van der Waals surface area (Å²) in [5, 5.41) is 0. The lowest BCUT2D eigenvalue weighted by atomic mass is 10.1. The summed E-state index contributed by atoms with van der Waals surface area (Å²) < 4.78 is 45.2. The van der Waals surface area contributed by atoms with Crippen molar-refractivity contribution in [2.75, 3.05) is 12.3 Å². The van der Waals surface area contributed by atoms with Crippen molar-refractivity contribution in [3.63, 3.8) is 0 Å². The van der Waals surface area contributed by atoms with Crippen LogP contribution in [0.4, 0.5) is 18.9 Å². The number of anilines is 1. The largest absolute Gasteiger partial charge is 0.573 e. The number of benzene rings is 2. The van der Waals surface area contributed by atoms with Crippen LogP contribution in [0.3, 0.4) is 0 Å². The molecule has 0 fully saturated rings. The normalized spacial score (nSPS) is 11.2. The lowest BCUT2D eigenvalue weighted by Gasteiger charge is -2.10. The summed E-state index contributed by atoms with van der Waals surface area (Å²) in [6.07, 6.45) is -4.07. The van der Waals surface area contributed by atoms with Gasteiger partial charge in [-0.3, -0.25) is 0 Å². The maximum absolute atomic E-state index is 12.0. The Morgan fingerprint density at radius 2 is 1.52 bits per heavy atom. The molecule has 0 aliphatic carbocycles. The van der Waals surface area contributed by atoms with E-state index in [4.69, 9.17) is 10.5 Å². The molecule has 2 rings (SSSR count). The summed E-state index contributed by atoms with van der Waals surface area (Å²) in [4.78, 5) is 0. The molecule has 0 saturated heterocycles. The molecule has 0 bridgehead atoms. The van der Waals surface area contributed by atoms with Gasteiger partial charge in [-0.25, -0.2) is 0 Å². The molecule has 0 aromatic heterocycles. The fourth-order valence-corrected chi connectivity index (χ4v) is 1.78. The first-order chi connectivity index (χ1) is 9.94. The molecular formula is C15H14F3NO2. The second kappa shape index (κ2) is 6.39. The molecule has 0 unspecified atom stereocenters. The monoisotopic (exact) mass is 297 g/mol. The number of hydrogen-bond donors (Lipinski definition) is 1. The van der Waals surface area contributed by atoms with E-state index in [1.807, 2.05) is 18.2 Å². The quantitative estimate of drug-likeness (QED) is 0.854. The Hall–Kier alpha value is -2.37. The zero-order valence-corrected chi connectivity index (χ0v) is 11.1. The van der Waals surface area contributed by atoms with Crippen LogP contribution in [0, 0.1) is 0 Å². The Balaban J connectivity index is 1.85. The fourth-order valence-electron chi connectivity index (χ4n) is 1.78. The third-order valence-corrected chi connectivity index (χ3v) is 2.75. The van der Waals surface area contributed by atoms with Gasteiger partial charge in [-0.2, -0.15) is 0 Å². The van der Waals surface area contributed by atoms with Gasteiger partial charge in [0.2, 0.25) is 0 Å². The molecule has 0 saturated carbocycles. The highest BCUT2D eigenvalue weighted by Gasteiger charge is 2.30. The van der Waals surface area contributed by atoms with E-state index in [1.165, 1.54) is 24.3 Å². The zero-order valence-electron chi connectivity index (χ0n) is 11.1. The molecule has 0 radical (unpaired) electrons. The summed E-state index contributed by atoms with van der Waals surface area (Å²) in [6.45, 7) is 0.383. The SMILES string of the molecule is Nc1ccccc1CCOc1ccc(OC(F)(F)F)cc1. The van der Waals surface area contributed by atoms with E-state index in [1.54, 1.807) is 6.07 Å². The Bertz CT molecular complexity index is 582. The van der Waals surface area contributed by atoms with Crippen molar-refractivity contribution in [1.29, 1.82) is 0 Å². The average molecular weight is 297 g/mol. The van der Waals surface area contributed by atoms with Crippen molar-refractivity contribution in [1.82, 2.24) is 0 Å². The molecule has 6 heteroatoms. The number of hydrogen-bond acceptors (Lipinski definition) is 3. The molecule has 3 nitrogen and oxygen atoms in total. The summed E-state index contributed by atoms with van der Waals surface area (Å²) in [6, 6.07) is 12.7. The number of ether oxygens (including phenoxy) is 2. The van der Waals surface area contributed by atoms with Crippen molar-refractivity contribution in [3.8, 4) is 11.5 Å². The first-order valence-electron chi connectivity index (χ1n) is 6.26. The van der Waals surface area contributed by atoms with Gasteiger partial charge in [0, 0.05) is 12.1 Å². The first-order valence-corrected chi connectivity index (χ1v) is 6.26. The summed E-state index contributed by atoms with van der Waals surface area (Å²) >= 11 is 0. The van der Waals surface area contributed by atoms with Gasteiger partial charge in [-0.1, -0.05) is 18.2 Å². The molecular weight excluding hydrogens is 283 g/mol. The molecule has 0 aliphatic rings. The van der Waals surface area contributed by atoms with Crippen LogP contribution in [-0.2, 0) is 6.42 Å². The summed E-state index contributed by atoms with van der Waals surface area (Å²) in [7, 11) is 0. The summed E-state index contributed by atoms with van der Waals surface area (Å²) in [5.74, 6) is 0.196. The van der Waals surface area contributed by atoms with E-state index in [9.17, 15) is 13.2 Å². The summed E-state index contributed by atoms with van der Waals surface area (Å²) in [5.41, 5.74) is 7.46. The highest BCUT2D eigenvalue weighted by Crippen LogP contribution is 2.24. The standard InChI is InChI=1S/C15H14F3NO2/c16-15(17,18)21-13-7-5-12(6-8-13)20-10-9-11-3-1-2-4-14(11)19/h1-8H,9-10,19H2. The van der Waals surface area contributed by atoms with Crippen LogP contribution in [0.2, 0.25) is 0 Å². The first kappa shape index (κ1) is 15.0. The molecule has 2 N–H and O–H groups in total. The van der Waals surface area contributed by atoms with Gasteiger partial charge in [-0.15, -0.1) is 13.2 Å². The number of nitrogen functional groups attached to an aromatic ring is 1. The van der Waals surface area contributed by atoms with Gasteiger partial charge in [0.05, 0.1) is 6.61 Å². The number of halogens is 3. The number of para-hydroxylation sites is 1. The number of alkyl halides is 3. The third kappa shape index (κ3) is 4.91. The topological polar surface area (TPSA) is 44.5 Å². The molecule has 21 heavy (non-hydrogen) atoms. The van der Waals surface area contributed by atoms with Crippen molar-refractivity contribution in [3.05, 3.63) is 54.1 Å². The second-order valence-electron chi connectivity index (χ2n) is 4.32. The maximum atomic E-state index is 12.0. The minimum atomic E-state index is -4.69. The van der Waals surface area contributed by atoms with Gasteiger partial charge in [0.15, 0.2) is 0 Å². The van der Waals surface area contributed by atoms with Crippen molar-refractivity contribution in [2.24, 2.45) is 0 Å². The Morgan fingerprint density at radius 3 is 2.14 bits per heavy atom. The Labute approximate surface area is 120 Å². The van der Waals surface area contributed by atoms with Gasteiger partial charge < -0.3 is 15.2 Å².